The van der Waals surface area contributed by atoms with Gasteiger partial charge in [-0.05, 0) is 12.3 Å². The lowest BCUT2D eigenvalue weighted by atomic mass is 9.97. The molecule has 1 saturated heterocycles. The maximum absolute atomic E-state index is 10.8. The van der Waals surface area contributed by atoms with Crippen LogP contribution in [0.25, 0.3) is 0 Å². The fraction of sp³-hybridized carbons (Fsp3) is 1.00. The monoisotopic (exact) mass is 238 g/mol. The van der Waals surface area contributed by atoms with Gasteiger partial charge in [-0.1, -0.05) is 0 Å². The maximum atomic E-state index is 10.8. The fourth-order valence-corrected chi connectivity index (χ4v) is 2.79. The predicted molar refractivity (Wildman–Crippen MR) is 56.3 cm³/mol. The zero-order valence-electron chi connectivity index (χ0n) is 8.52. The second-order valence-electron chi connectivity index (χ2n) is 3.79. The van der Waals surface area contributed by atoms with Crippen molar-refractivity contribution in [1.82, 2.24) is 10.6 Å². The van der Waals surface area contributed by atoms with Gasteiger partial charge in [-0.3, -0.25) is 4.55 Å². The summed E-state index contributed by atoms with van der Waals surface area (Å²) in [7, 11) is -3.97. The van der Waals surface area contributed by atoms with Gasteiger partial charge in [-0.2, -0.15) is 8.42 Å². The number of rotatable bonds is 5. The van der Waals surface area contributed by atoms with E-state index in [1.54, 1.807) is 0 Å². The van der Waals surface area contributed by atoms with E-state index < -0.39 is 10.1 Å². The summed E-state index contributed by atoms with van der Waals surface area (Å²) >= 11 is 0. The van der Waals surface area contributed by atoms with Crippen molar-refractivity contribution in [3.63, 3.8) is 0 Å². The first-order chi connectivity index (χ1) is 7.03. The number of aliphatic hydroxyl groups excluding tert-OH is 1. The van der Waals surface area contributed by atoms with Gasteiger partial charge < -0.3 is 15.7 Å². The van der Waals surface area contributed by atoms with E-state index in [-0.39, 0.29) is 24.3 Å². The summed E-state index contributed by atoms with van der Waals surface area (Å²) in [5.74, 6) is -0.551. The number of aliphatic hydroxyl groups is 1. The summed E-state index contributed by atoms with van der Waals surface area (Å²) in [5, 5.41) is 15.2. The lowest BCUT2D eigenvalue weighted by Gasteiger charge is -2.30. The molecular weight excluding hydrogens is 220 g/mol. The third-order valence-electron chi connectivity index (χ3n) is 2.57. The molecule has 0 aromatic carbocycles. The van der Waals surface area contributed by atoms with Crippen LogP contribution in [0.1, 0.15) is 6.42 Å². The van der Waals surface area contributed by atoms with Gasteiger partial charge in [0.25, 0.3) is 10.1 Å². The van der Waals surface area contributed by atoms with Crippen molar-refractivity contribution in [2.24, 2.45) is 5.92 Å². The molecule has 0 aromatic rings. The van der Waals surface area contributed by atoms with Gasteiger partial charge in [-0.25, -0.2) is 0 Å². The highest BCUT2D eigenvalue weighted by atomic mass is 32.2. The van der Waals surface area contributed by atoms with Crippen LogP contribution in [0.2, 0.25) is 0 Å². The second-order valence-corrected chi connectivity index (χ2v) is 5.28. The second kappa shape index (κ2) is 5.76. The largest absolute Gasteiger partial charge is 0.396 e. The van der Waals surface area contributed by atoms with Crippen LogP contribution in [-0.2, 0) is 10.1 Å². The molecule has 7 heteroatoms. The molecule has 0 amide bonds. The first kappa shape index (κ1) is 12.9. The molecule has 15 heavy (non-hydrogen) atoms. The summed E-state index contributed by atoms with van der Waals surface area (Å²) in [5.41, 5.74) is 0. The van der Waals surface area contributed by atoms with Crippen LogP contribution in [-0.4, -0.2) is 56.1 Å². The number of hydrogen-bond acceptors (Lipinski definition) is 5. The quantitative estimate of drug-likeness (QED) is 0.432. The summed E-state index contributed by atoms with van der Waals surface area (Å²) in [6, 6.07) is -0.00664. The molecule has 0 saturated carbocycles. The summed E-state index contributed by atoms with van der Waals surface area (Å²) in [4.78, 5) is 0. The molecule has 1 fully saturated rings. The average Bonchev–Trinajstić information content (AvgIpc) is 2.17. The normalized spacial score (nSPS) is 25.1. The van der Waals surface area contributed by atoms with Crippen LogP contribution in [0.4, 0.5) is 0 Å². The first-order valence-corrected chi connectivity index (χ1v) is 6.64. The van der Waals surface area contributed by atoms with E-state index in [1.807, 2.05) is 0 Å². The molecule has 90 valence electrons. The standard InChI is InChI=1S/C8H18N2O4S/c11-4-1-7(6-15(12,13)14)8-5-9-2-3-10-8/h7-11H,1-6H2,(H,12,13,14). The Morgan fingerprint density at radius 2 is 2.13 bits per heavy atom. The molecule has 2 atom stereocenters. The molecule has 1 aliphatic heterocycles. The van der Waals surface area contributed by atoms with E-state index in [1.165, 1.54) is 0 Å². The Hall–Kier alpha value is -0.210. The van der Waals surface area contributed by atoms with Crippen molar-refractivity contribution in [2.45, 2.75) is 12.5 Å². The third kappa shape index (κ3) is 4.89. The van der Waals surface area contributed by atoms with Gasteiger partial charge in [0.1, 0.15) is 0 Å². The Labute approximate surface area is 89.8 Å². The topological polar surface area (TPSA) is 98.7 Å². The molecule has 0 spiro atoms. The van der Waals surface area contributed by atoms with E-state index in [4.69, 9.17) is 9.66 Å². The highest BCUT2D eigenvalue weighted by Gasteiger charge is 2.26. The Morgan fingerprint density at radius 1 is 1.40 bits per heavy atom. The summed E-state index contributed by atoms with van der Waals surface area (Å²) < 4.78 is 30.4. The molecule has 0 bridgehead atoms. The molecule has 0 aliphatic carbocycles. The van der Waals surface area contributed by atoms with Crippen molar-refractivity contribution in [1.29, 1.82) is 0 Å². The van der Waals surface area contributed by atoms with Crippen LogP contribution in [0.5, 0.6) is 0 Å². The molecule has 4 N–H and O–H groups in total. The smallest absolute Gasteiger partial charge is 0.265 e. The Morgan fingerprint density at radius 3 is 2.60 bits per heavy atom. The summed E-state index contributed by atoms with van der Waals surface area (Å²) in [6.45, 7) is 2.23. The van der Waals surface area contributed by atoms with Gasteiger partial charge in [-0.15, -0.1) is 0 Å². The Kier molecular flexibility index (Phi) is 4.94. The van der Waals surface area contributed by atoms with Crippen molar-refractivity contribution in [3.05, 3.63) is 0 Å². The first-order valence-electron chi connectivity index (χ1n) is 5.03. The molecule has 6 nitrogen and oxygen atoms in total. The average molecular weight is 238 g/mol. The predicted octanol–water partition coefficient (Wildman–Crippen LogP) is -1.57. The molecule has 2 unspecified atom stereocenters. The molecule has 0 radical (unpaired) electrons. The minimum Gasteiger partial charge on any atom is -0.396 e. The van der Waals surface area contributed by atoms with Crippen LogP contribution < -0.4 is 10.6 Å². The van der Waals surface area contributed by atoms with Gasteiger partial charge in [0, 0.05) is 32.3 Å². The van der Waals surface area contributed by atoms with E-state index in [0.717, 1.165) is 13.1 Å². The third-order valence-corrected chi connectivity index (χ3v) is 3.42. The minimum absolute atomic E-state index is 0.00664. The number of piperazine rings is 1. The van der Waals surface area contributed by atoms with Gasteiger partial charge >= 0.3 is 0 Å². The zero-order chi connectivity index (χ0) is 11.3. The Bertz CT molecular complexity index is 274. The number of nitrogens with one attached hydrogen (secondary N) is 2. The van der Waals surface area contributed by atoms with Crippen LogP contribution in [0.3, 0.4) is 0 Å². The fourth-order valence-electron chi connectivity index (χ4n) is 1.85. The lowest BCUT2D eigenvalue weighted by molar-refractivity contribution is 0.228. The van der Waals surface area contributed by atoms with Crippen molar-refractivity contribution in [3.8, 4) is 0 Å². The molecule has 0 aromatic heterocycles. The number of hydrogen-bond donors (Lipinski definition) is 4. The lowest BCUT2D eigenvalue weighted by Crippen LogP contribution is -2.53. The summed E-state index contributed by atoms with van der Waals surface area (Å²) in [6.07, 6.45) is 0.374. The van der Waals surface area contributed by atoms with E-state index >= 15 is 0 Å². The highest BCUT2D eigenvalue weighted by molar-refractivity contribution is 7.85. The zero-order valence-corrected chi connectivity index (χ0v) is 9.33. The van der Waals surface area contributed by atoms with Gasteiger partial charge in [0.2, 0.25) is 0 Å². The van der Waals surface area contributed by atoms with E-state index in [9.17, 15) is 8.42 Å². The van der Waals surface area contributed by atoms with Crippen LogP contribution >= 0.6 is 0 Å². The van der Waals surface area contributed by atoms with Crippen LogP contribution in [0.15, 0.2) is 0 Å². The Balaban J connectivity index is 2.55. The van der Waals surface area contributed by atoms with Crippen molar-refractivity contribution < 1.29 is 18.1 Å². The highest BCUT2D eigenvalue weighted by Crippen LogP contribution is 2.12. The van der Waals surface area contributed by atoms with Gasteiger partial charge in [0.15, 0.2) is 0 Å². The van der Waals surface area contributed by atoms with Gasteiger partial charge in [0.05, 0.1) is 5.75 Å². The van der Waals surface area contributed by atoms with E-state index in [0.29, 0.717) is 13.0 Å². The molecule has 1 aliphatic rings. The van der Waals surface area contributed by atoms with E-state index in [2.05, 4.69) is 10.6 Å². The molecular formula is C8H18N2O4S. The SMILES string of the molecule is O=S(=O)(O)CC(CCO)C1CNCCN1. The van der Waals surface area contributed by atoms with Crippen LogP contribution in [0, 0.1) is 5.92 Å². The van der Waals surface area contributed by atoms with Crippen molar-refractivity contribution >= 4 is 10.1 Å². The molecule has 1 heterocycles. The molecule has 1 rings (SSSR count). The minimum atomic E-state index is -3.97. The van der Waals surface area contributed by atoms with Crippen molar-refractivity contribution in [2.75, 3.05) is 32.0 Å². The maximum Gasteiger partial charge on any atom is 0.265 e.